The lowest BCUT2D eigenvalue weighted by atomic mass is 10.2. The van der Waals surface area contributed by atoms with Gasteiger partial charge in [-0.05, 0) is 12.1 Å². The van der Waals surface area contributed by atoms with Crippen LogP contribution in [0, 0.1) is 4.64 Å². The monoisotopic (exact) mass is 198 g/mol. The van der Waals surface area contributed by atoms with E-state index in [2.05, 4.69) is 4.98 Å². The molecule has 0 spiro atoms. The van der Waals surface area contributed by atoms with Gasteiger partial charge in [-0.25, -0.2) is 5.06 Å². The highest BCUT2D eigenvalue weighted by Gasteiger charge is 2.09. The van der Waals surface area contributed by atoms with Crippen LogP contribution >= 0.6 is 12.2 Å². The number of nitrogens with zero attached hydrogens (tertiary/aromatic N) is 1. The maximum Gasteiger partial charge on any atom is 0.277 e. The van der Waals surface area contributed by atoms with Crippen molar-refractivity contribution >= 4 is 18.1 Å². The second-order valence-electron chi connectivity index (χ2n) is 2.43. The average Bonchev–Trinajstić information content (AvgIpc) is 2.15. The van der Waals surface area contributed by atoms with E-state index in [1.54, 1.807) is 25.4 Å². The van der Waals surface area contributed by atoms with Gasteiger partial charge in [-0.15, -0.1) is 0 Å². The molecule has 1 heterocycles. The molecule has 1 amide bonds. The Labute approximate surface area is 81.1 Å². The molecule has 0 unspecified atom stereocenters. The zero-order chi connectivity index (χ0) is 9.84. The largest absolute Gasteiger partial charge is 0.353 e. The zero-order valence-electron chi connectivity index (χ0n) is 7.40. The lowest BCUT2D eigenvalue weighted by Crippen LogP contribution is -2.25. The number of hydrogen-bond donors (Lipinski definition) is 1. The van der Waals surface area contributed by atoms with Crippen LogP contribution < -0.4 is 0 Å². The third-order valence-electron chi connectivity index (χ3n) is 1.58. The maximum atomic E-state index is 11.5. The molecule has 1 aromatic heterocycles. The van der Waals surface area contributed by atoms with Crippen molar-refractivity contribution in [2.24, 2.45) is 0 Å². The summed E-state index contributed by atoms with van der Waals surface area (Å²) in [6.45, 7) is 0. The number of nitrogens with one attached hydrogen (secondary N) is 1. The second-order valence-corrected chi connectivity index (χ2v) is 2.87. The van der Waals surface area contributed by atoms with Crippen LogP contribution in [-0.4, -0.2) is 30.1 Å². The first-order valence-electron chi connectivity index (χ1n) is 3.66. The molecule has 1 rings (SSSR count). The summed E-state index contributed by atoms with van der Waals surface area (Å²) in [4.78, 5) is 19.0. The molecule has 70 valence electrons. The topological polar surface area (TPSA) is 45.3 Å². The molecular weight excluding hydrogens is 188 g/mol. The molecule has 0 atom stereocenters. The fourth-order valence-corrected chi connectivity index (χ4v) is 1.04. The van der Waals surface area contributed by atoms with Crippen molar-refractivity contribution < 1.29 is 9.63 Å². The van der Waals surface area contributed by atoms with E-state index in [1.807, 2.05) is 0 Å². The summed E-state index contributed by atoms with van der Waals surface area (Å²) >= 11 is 4.87. The van der Waals surface area contributed by atoms with E-state index in [-0.39, 0.29) is 5.91 Å². The van der Waals surface area contributed by atoms with Crippen LogP contribution in [0.25, 0.3) is 0 Å². The number of hydroxylamine groups is 2. The van der Waals surface area contributed by atoms with Crippen molar-refractivity contribution in [1.29, 1.82) is 0 Å². The molecule has 0 aliphatic rings. The number of aromatic nitrogens is 1. The highest BCUT2D eigenvalue weighted by Crippen LogP contribution is 2.02. The summed E-state index contributed by atoms with van der Waals surface area (Å²) in [5.41, 5.74) is 0.508. The van der Waals surface area contributed by atoms with Crippen LogP contribution in [0.2, 0.25) is 0 Å². The van der Waals surface area contributed by atoms with Gasteiger partial charge < -0.3 is 4.98 Å². The van der Waals surface area contributed by atoms with Crippen LogP contribution in [0.3, 0.4) is 0 Å². The van der Waals surface area contributed by atoms with Crippen molar-refractivity contribution in [2.45, 2.75) is 0 Å². The van der Waals surface area contributed by atoms with E-state index < -0.39 is 0 Å². The van der Waals surface area contributed by atoms with Gasteiger partial charge in [0.05, 0.1) is 7.11 Å². The molecule has 13 heavy (non-hydrogen) atoms. The first kappa shape index (κ1) is 9.88. The molecule has 1 aromatic rings. The van der Waals surface area contributed by atoms with Gasteiger partial charge in [-0.1, -0.05) is 12.2 Å². The summed E-state index contributed by atoms with van der Waals surface area (Å²) in [7, 11) is 2.98. The number of carbonyl (C=O) groups is 1. The lowest BCUT2D eigenvalue weighted by Gasteiger charge is -2.12. The Morgan fingerprint density at radius 3 is 2.92 bits per heavy atom. The molecule has 5 heteroatoms. The Balaban J connectivity index is 2.95. The molecular formula is C8H10N2O2S. The normalized spacial score (nSPS) is 9.69. The van der Waals surface area contributed by atoms with Crippen molar-refractivity contribution in [3.05, 3.63) is 28.5 Å². The number of rotatable bonds is 2. The SMILES string of the molecule is CON(C)C(=O)c1cc[nH]c(=S)c1. The second kappa shape index (κ2) is 4.15. The highest BCUT2D eigenvalue weighted by molar-refractivity contribution is 7.71. The van der Waals surface area contributed by atoms with E-state index in [4.69, 9.17) is 17.1 Å². The predicted molar refractivity (Wildman–Crippen MR) is 50.7 cm³/mol. The molecule has 0 aromatic carbocycles. The van der Waals surface area contributed by atoms with E-state index in [9.17, 15) is 4.79 Å². The maximum absolute atomic E-state index is 11.5. The fraction of sp³-hybridized carbons (Fsp3) is 0.250. The number of amides is 1. The third-order valence-corrected chi connectivity index (χ3v) is 1.82. The Morgan fingerprint density at radius 2 is 2.38 bits per heavy atom. The Bertz CT molecular complexity index is 361. The molecule has 0 bridgehead atoms. The summed E-state index contributed by atoms with van der Waals surface area (Å²) < 4.78 is 0.523. The predicted octanol–water partition coefficient (Wildman–Crippen LogP) is 1.38. The third kappa shape index (κ3) is 2.37. The van der Waals surface area contributed by atoms with Crippen molar-refractivity contribution in [1.82, 2.24) is 10.0 Å². The van der Waals surface area contributed by atoms with Crippen molar-refractivity contribution in [3.63, 3.8) is 0 Å². The van der Waals surface area contributed by atoms with Gasteiger partial charge in [0.25, 0.3) is 5.91 Å². The number of H-pyrrole nitrogens is 1. The van der Waals surface area contributed by atoms with Crippen LogP contribution in [0.4, 0.5) is 0 Å². The van der Waals surface area contributed by atoms with Gasteiger partial charge in [0.2, 0.25) is 0 Å². The summed E-state index contributed by atoms with van der Waals surface area (Å²) in [6.07, 6.45) is 1.62. The van der Waals surface area contributed by atoms with Gasteiger partial charge in [0, 0.05) is 18.8 Å². The van der Waals surface area contributed by atoms with Gasteiger partial charge in [-0.2, -0.15) is 0 Å². The van der Waals surface area contributed by atoms with Crippen LogP contribution in [0.5, 0.6) is 0 Å². The molecule has 0 fully saturated rings. The first-order valence-corrected chi connectivity index (χ1v) is 4.07. The lowest BCUT2D eigenvalue weighted by molar-refractivity contribution is -0.0757. The van der Waals surface area contributed by atoms with E-state index in [1.165, 1.54) is 7.11 Å². The molecule has 0 aliphatic heterocycles. The standard InChI is InChI=1S/C8H10N2O2S/c1-10(12-2)8(11)6-3-4-9-7(13)5-6/h3-5H,1-2H3,(H,9,13). The van der Waals surface area contributed by atoms with Crippen LogP contribution in [-0.2, 0) is 4.84 Å². The molecule has 4 nitrogen and oxygen atoms in total. The van der Waals surface area contributed by atoms with Gasteiger partial charge in [0.15, 0.2) is 0 Å². The summed E-state index contributed by atoms with van der Waals surface area (Å²) in [5, 5.41) is 1.14. The van der Waals surface area contributed by atoms with Crippen molar-refractivity contribution in [2.75, 3.05) is 14.2 Å². The van der Waals surface area contributed by atoms with E-state index in [0.29, 0.717) is 10.2 Å². The van der Waals surface area contributed by atoms with Gasteiger partial charge in [-0.3, -0.25) is 9.63 Å². The molecule has 0 saturated carbocycles. The Hall–Kier alpha value is -1.20. The summed E-state index contributed by atoms with van der Waals surface area (Å²) in [5.74, 6) is -0.220. The smallest absolute Gasteiger partial charge is 0.277 e. The van der Waals surface area contributed by atoms with Crippen molar-refractivity contribution in [3.8, 4) is 0 Å². The van der Waals surface area contributed by atoms with E-state index >= 15 is 0 Å². The highest BCUT2D eigenvalue weighted by atomic mass is 32.1. The Morgan fingerprint density at radius 1 is 1.69 bits per heavy atom. The molecule has 0 radical (unpaired) electrons. The van der Waals surface area contributed by atoms with Crippen LogP contribution in [0.15, 0.2) is 18.3 Å². The first-order chi connectivity index (χ1) is 6.15. The number of pyridine rings is 1. The minimum absolute atomic E-state index is 0.220. The van der Waals surface area contributed by atoms with Gasteiger partial charge in [0.1, 0.15) is 4.64 Å². The quantitative estimate of drug-likeness (QED) is 0.576. The zero-order valence-corrected chi connectivity index (χ0v) is 8.22. The molecule has 0 aliphatic carbocycles. The minimum atomic E-state index is -0.220. The van der Waals surface area contributed by atoms with E-state index in [0.717, 1.165) is 5.06 Å². The summed E-state index contributed by atoms with van der Waals surface area (Å²) in [6, 6.07) is 3.24. The average molecular weight is 198 g/mol. The van der Waals surface area contributed by atoms with Gasteiger partial charge >= 0.3 is 0 Å². The number of carbonyl (C=O) groups excluding carboxylic acids is 1. The van der Waals surface area contributed by atoms with Crippen LogP contribution in [0.1, 0.15) is 10.4 Å². The molecule has 0 saturated heterocycles. The number of hydrogen-bond acceptors (Lipinski definition) is 3. The Kier molecular flexibility index (Phi) is 3.16. The fourth-order valence-electron chi connectivity index (χ4n) is 0.842. The minimum Gasteiger partial charge on any atom is -0.353 e. The molecule has 1 N–H and O–H groups in total. The number of aromatic amines is 1.